The summed E-state index contributed by atoms with van der Waals surface area (Å²) in [6.45, 7) is 1.86. The Morgan fingerprint density at radius 1 is 1.77 bits per heavy atom. The molecule has 0 N–H and O–H groups in total. The fourth-order valence-electron chi connectivity index (χ4n) is 0.651. The molecule has 0 aliphatic carbocycles. The third-order valence-corrected chi connectivity index (χ3v) is 2.41. The van der Waals surface area contributed by atoms with E-state index in [-0.39, 0.29) is 6.10 Å². The van der Waals surface area contributed by atoms with Crippen molar-refractivity contribution in [2.75, 3.05) is 20.0 Å². The molecule has 0 saturated carbocycles. The van der Waals surface area contributed by atoms with E-state index in [9.17, 15) is 4.79 Å². The highest BCUT2D eigenvalue weighted by Gasteiger charge is 2.20. The molecule has 1 rings (SSSR count). The summed E-state index contributed by atoms with van der Waals surface area (Å²) >= 11 is 1.44. The maximum absolute atomic E-state index is 11.0. The van der Waals surface area contributed by atoms with Crippen LogP contribution in [0.15, 0.2) is 5.16 Å². The summed E-state index contributed by atoms with van der Waals surface area (Å²) in [5.41, 5.74) is 0. The monoisotopic (exact) mass is 204 g/mol. The fourth-order valence-corrected chi connectivity index (χ4v) is 1.44. The zero-order valence-electron chi connectivity index (χ0n) is 7.81. The average Bonchev–Trinajstić information content (AvgIpc) is 2.47. The van der Waals surface area contributed by atoms with Gasteiger partial charge >= 0.3 is 6.09 Å². The number of hydrogen-bond donors (Lipinski definition) is 0. The second kappa shape index (κ2) is 4.48. The summed E-state index contributed by atoms with van der Waals surface area (Å²) in [5.74, 6) is 0.569. The first kappa shape index (κ1) is 10.3. The van der Waals surface area contributed by atoms with Gasteiger partial charge in [-0.25, -0.2) is 4.79 Å². The van der Waals surface area contributed by atoms with E-state index in [0.717, 1.165) is 0 Å². The molecule has 1 unspecified atom stereocenters. The molecule has 1 fully saturated rings. The number of ether oxygens (including phenoxy) is 1. The van der Waals surface area contributed by atoms with E-state index < -0.39 is 6.09 Å². The Balaban J connectivity index is 2.43. The Morgan fingerprint density at radius 2 is 2.46 bits per heavy atom. The van der Waals surface area contributed by atoms with Gasteiger partial charge in [0.1, 0.15) is 11.1 Å². The van der Waals surface area contributed by atoms with Gasteiger partial charge in [-0.3, -0.25) is 4.84 Å². The third kappa shape index (κ3) is 2.89. The first-order valence-corrected chi connectivity index (χ1v) is 4.80. The van der Waals surface area contributed by atoms with Gasteiger partial charge in [0.25, 0.3) is 0 Å². The number of oxime groups is 1. The number of carbonyl (C=O) groups excluding carboxylic acids is 1. The predicted molar refractivity (Wildman–Crippen MR) is 50.6 cm³/mol. The van der Waals surface area contributed by atoms with Crippen LogP contribution in [0, 0.1) is 0 Å². The van der Waals surface area contributed by atoms with Crippen molar-refractivity contribution >= 4 is 22.9 Å². The van der Waals surface area contributed by atoms with Gasteiger partial charge < -0.3 is 9.64 Å². The van der Waals surface area contributed by atoms with Gasteiger partial charge in [0.15, 0.2) is 0 Å². The summed E-state index contributed by atoms with van der Waals surface area (Å²) in [4.78, 5) is 16.9. The first-order chi connectivity index (χ1) is 6.11. The Kier molecular flexibility index (Phi) is 3.56. The van der Waals surface area contributed by atoms with E-state index in [0.29, 0.717) is 11.0 Å². The molecule has 0 spiro atoms. The minimum Gasteiger partial charge on any atom is -0.361 e. The van der Waals surface area contributed by atoms with Gasteiger partial charge in [-0.15, -0.1) is 0 Å². The second-order valence-electron chi connectivity index (χ2n) is 2.75. The van der Waals surface area contributed by atoms with Gasteiger partial charge in [-0.1, -0.05) is 16.9 Å². The molecule has 1 aliphatic heterocycles. The molecule has 1 heterocycles. The smallest absolute Gasteiger partial charge is 0.361 e. The van der Waals surface area contributed by atoms with Crippen molar-refractivity contribution in [3.8, 4) is 0 Å². The molecule has 1 amide bonds. The van der Waals surface area contributed by atoms with Crippen molar-refractivity contribution in [3.63, 3.8) is 0 Å². The van der Waals surface area contributed by atoms with Gasteiger partial charge in [0.05, 0.1) is 5.94 Å². The van der Waals surface area contributed by atoms with E-state index in [1.165, 1.54) is 16.7 Å². The molecule has 1 aliphatic rings. The molecule has 6 heteroatoms. The van der Waals surface area contributed by atoms with Gasteiger partial charge in [0, 0.05) is 14.1 Å². The Bertz CT molecular complexity index is 230. The van der Waals surface area contributed by atoms with Crippen LogP contribution in [0.1, 0.15) is 6.92 Å². The average molecular weight is 204 g/mol. The van der Waals surface area contributed by atoms with Crippen molar-refractivity contribution in [2.24, 2.45) is 5.16 Å². The molecule has 1 atom stereocenters. The number of hydrogen-bond acceptors (Lipinski definition) is 5. The molecule has 13 heavy (non-hydrogen) atoms. The Labute approximate surface area is 81.0 Å². The van der Waals surface area contributed by atoms with Crippen LogP contribution in [0.2, 0.25) is 0 Å². The van der Waals surface area contributed by atoms with Gasteiger partial charge in [-0.05, 0) is 6.92 Å². The zero-order valence-corrected chi connectivity index (χ0v) is 8.63. The summed E-state index contributed by atoms with van der Waals surface area (Å²) in [7, 11) is 3.20. The summed E-state index contributed by atoms with van der Waals surface area (Å²) in [5, 5.41) is 4.39. The molecule has 74 valence electrons. The van der Waals surface area contributed by atoms with E-state index in [2.05, 4.69) is 9.99 Å². The minimum atomic E-state index is -0.479. The van der Waals surface area contributed by atoms with Crippen LogP contribution in [-0.2, 0) is 9.57 Å². The Morgan fingerprint density at radius 3 is 2.92 bits per heavy atom. The van der Waals surface area contributed by atoms with Crippen LogP contribution in [0.4, 0.5) is 4.79 Å². The highest BCUT2D eigenvalue weighted by molar-refractivity contribution is 8.14. The van der Waals surface area contributed by atoms with Crippen molar-refractivity contribution in [1.82, 2.24) is 4.90 Å². The normalized spacial score (nSPS) is 24.8. The third-order valence-electron chi connectivity index (χ3n) is 1.45. The molecule has 0 aromatic rings. The molecule has 0 aromatic heterocycles. The minimum absolute atomic E-state index is 0.0695. The molecule has 0 bridgehead atoms. The zero-order chi connectivity index (χ0) is 9.84. The van der Waals surface area contributed by atoms with Crippen LogP contribution < -0.4 is 0 Å². The first-order valence-electron chi connectivity index (χ1n) is 3.82. The van der Waals surface area contributed by atoms with Gasteiger partial charge in [0.2, 0.25) is 0 Å². The fraction of sp³-hybridized carbons (Fsp3) is 0.714. The van der Waals surface area contributed by atoms with Crippen LogP contribution in [0.3, 0.4) is 0 Å². The number of thioether (sulfide) groups is 1. The quantitative estimate of drug-likeness (QED) is 0.474. The molecular formula is C7H12N2O3S. The Hall–Kier alpha value is -0.750. The van der Waals surface area contributed by atoms with Crippen molar-refractivity contribution in [1.29, 1.82) is 0 Å². The van der Waals surface area contributed by atoms with Crippen LogP contribution >= 0.6 is 11.8 Å². The number of nitrogens with zero attached hydrogens (tertiary/aromatic N) is 2. The van der Waals surface area contributed by atoms with Crippen LogP contribution in [0.5, 0.6) is 0 Å². The van der Waals surface area contributed by atoms with Crippen LogP contribution in [-0.4, -0.2) is 42.2 Å². The SMILES string of the molecule is CC1OCSC1=NOC(=O)N(C)C. The van der Waals surface area contributed by atoms with Gasteiger partial charge in [-0.2, -0.15) is 0 Å². The maximum atomic E-state index is 11.0. The molecular weight excluding hydrogens is 192 g/mol. The lowest BCUT2D eigenvalue weighted by Crippen LogP contribution is -2.21. The topological polar surface area (TPSA) is 51.1 Å². The highest BCUT2D eigenvalue weighted by Crippen LogP contribution is 2.19. The highest BCUT2D eigenvalue weighted by atomic mass is 32.2. The van der Waals surface area contributed by atoms with Crippen molar-refractivity contribution in [3.05, 3.63) is 0 Å². The number of rotatable bonds is 1. The number of carbonyl (C=O) groups is 1. The summed E-state index contributed by atoms with van der Waals surface area (Å²) in [6.07, 6.45) is -0.549. The summed E-state index contributed by atoms with van der Waals surface area (Å²) < 4.78 is 5.19. The predicted octanol–water partition coefficient (Wildman–Crippen LogP) is 1.11. The molecule has 0 aromatic carbocycles. The molecule has 5 nitrogen and oxygen atoms in total. The van der Waals surface area contributed by atoms with Crippen LogP contribution in [0.25, 0.3) is 0 Å². The number of amides is 1. The lowest BCUT2D eigenvalue weighted by Gasteiger charge is -2.06. The van der Waals surface area contributed by atoms with Crippen molar-refractivity contribution < 1.29 is 14.4 Å². The van der Waals surface area contributed by atoms with E-state index >= 15 is 0 Å². The maximum Gasteiger partial charge on any atom is 0.435 e. The molecule has 0 radical (unpaired) electrons. The summed E-state index contributed by atoms with van der Waals surface area (Å²) in [6, 6.07) is 0. The van der Waals surface area contributed by atoms with Crippen molar-refractivity contribution in [2.45, 2.75) is 13.0 Å². The largest absolute Gasteiger partial charge is 0.435 e. The van der Waals surface area contributed by atoms with E-state index in [4.69, 9.17) is 4.74 Å². The van der Waals surface area contributed by atoms with E-state index in [1.807, 2.05) is 6.92 Å². The van der Waals surface area contributed by atoms with E-state index in [1.54, 1.807) is 14.1 Å². The lowest BCUT2D eigenvalue weighted by atomic mass is 10.4. The lowest BCUT2D eigenvalue weighted by molar-refractivity contribution is 0.119. The molecule has 1 saturated heterocycles. The second-order valence-corrected chi connectivity index (χ2v) is 3.69. The standard InChI is InChI=1S/C7H12N2O3S/c1-5-6(13-4-11-5)8-12-7(10)9(2)3/h5H,4H2,1-3H3.